The lowest BCUT2D eigenvalue weighted by molar-refractivity contribution is 0.860. The molecule has 0 saturated carbocycles. The molecule has 0 N–H and O–H groups in total. The SMILES string of the molecule is C=C1C(=C)C(C)N(c2ccccc2)C1=C. The van der Waals surface area contributed by atoms with Crippen LogP contribution in [0.25, 0.3) is 0 Å². The van der Waals surface area contributed by atoms with Crippen molar-refractivity contribution in [1.82, 2.24) is 0 Å². The molecule has 1 aromatic carbocycles. The van der Waals surface area contributed by atoms with Gasteiger partial charge in [0.2, 0.25) is 0 Å². The molecule has 1 aromatic rings. The second kappa shape index (κ2) is 3.43. The summed E-state index contributed by atoms with van der Waals surface area (Å²) in [6.07, 6.45) is 0. The predicted octanol–water partition coefficient (Wildman–Crippen LogP) is 3.52. The number of hydrogen-bond donors (Lipinski definition) is 0. The van der Waals surface area contributed by atoms with Gasteiger partial charge < -0.3 is 4.90 Å². The lowest BCUT2D eigenvalue weighted by Gasteiger charge is -2.24. The Bertz CT molecular complexity index is 428. The molecule has 1 saturated heterocycles. The zero-order valence-electron chi connectivity index (χ0n) is 9.03. The third-order valence-corrected chi connectivity index (χ3v) is 2.95. The average molecular weight is 197 g/mol. The zero-order chi connectivity index (χ0) is 11.0. The summed E-state index contributed by atoms with van der Waals surface area (Å²) in [7, 11) is 0. The first-order chi connectivity index (χ1) is 7.13. The maximum Gasteiger partial charge on any atom is 0.0564 e. The van der Waals surface area contributed by atoms with Crippen molar-refractivity contribution in [2.75, 3.05) is 4.90 Å². The van der Waals surface area contributed by atoms with Gasteiger partial charge in [0.05, 0.1) is 6.04 Å². The van der Waals surface area contributed by atoms with E-state index in [-0.39, 0.29) is 6.04 Å². The Hall–Kier alpha value is -1.76. The van der Waals surface area contributed by atoms with Gasteiger partial charge in [-0.05, 0) is 30.2 Å². The second-order valence-corrected chi connectivity index (χ2v) is 3.83. The molecule has 0 amide bonds. The standard InChI is InChI=1S/C14H15N/c1-10-11(2)13(4)15(12(10)3)14-8-6-5-7-9-14/h5-9,13H,1-3H2,4H3. The number of benzene rings is 1. The van der Waals surface area contributed by atoms with Crippen LogP contribution in [0.15, 0.2) is 66.9 Å². The Morgan fingerprint density at radius 3 is 2.13 bits per heavy atom. The molecule has 1 heterocycles. The van der Waals surface area contributed by atoms with E-state index in [0.717, 1.165) is 22.5 Å². The van der Waals surface area contributed by atoms with Crippen LogP contribution in [-0.4, -0.2) is 6.04 Å². The highest BCUT2D eigenvalue weighted by molar-refractivity contribution is 5.68. The number of hydrogen-bond acceptors (Lipinski definition) is 1. The number of para-hydroxylation sites is 1. The number of nitrogens with zero attached hydrogens (tertiary/aromatic N) is 1. The number of allylic oxidation sites excluding steroid dienone is 1. The summed E-state index contributed by atoms with van der Waals surface area (Å²) < 4.78 is 0. The molecule has 0 bridgehead atoms. The highest BCUT2D eigenvalue weighted by atomic mass is 15.2. The van der Waals surface area contributed by atoms with Crippen LogP contribution in [0.3, 0.4) is 0 Å². The minimum Gasteiger partial charge on any atom is -0.334 e. The Kier molecular flexibility index (Phi) is 2.24. The topological polar surface area (TPSA) is 3.24 Å². The van der Waals surface area contributed by atoms with Gasteiger partial charge in [0.25, 0.3) is 0 Å². The third kappa shape index (κ3) is 1.40. The quantitative estimate of drug-likeness (QED) is 0.665. The van der Waals surface area contributed by atoms with E-state index < -0.39 is 0 Å². The van der Waals surface area contributed by atoms with Gasteiger partial charge in [-0.25, -0.2) is 0 Å². The maximum absolute atomic E-state index is 4.06. The van der Waals surface area contributed by atoms with E-state index in [2.05, 4.69) is 43.7 Å². The van der Waals surface area contributed by atoms with Gasteiger partial charge >= 0.3 is 0 Å². The smallest absolute Gasteiger partial charge is 0.0564 e. The van der Waals surface area contributed by atoms with E-state index in [1.165, 1.54) is 0 Å². The van der Waals surface area contributed by atoms with Gasteiger partial charge in [0, 0.05) is 11.4 Å². The van der Waals surface area contributed by atoms with Crippen molar-refractivity contribution in [3.63, 3.8) is 0 Å². The molecule has 1 nitrogen and oxygen atoms in total. The molecule has 76 valence electrons. The molecule has 1 heteroatoms. The summed E-state index contributed by atoms with van der Waals surface area (Å²) in [5, 5.41) is 0. The molecule has 1 aliphatic rings. The van der Waals surface area contributed by atoms with Gasteiger partial charge in [-0.1, -0.05) is 37.9 Å². The number of anilines is 1. The van der Waals surface area contributed by atoms with Crippen molar-refractivity contribution in [1.29, 1.82) is 0 Å². The van der Waals surface area contributed by atoms with Crippen LogP contribution >= 0.6 is 0 Å². The van der Waals surface area contributed by atoms with Crippen molar-refractivity contribution in [3.8, 4) is 0 Å². The summed E-state index contributed by atoms with van der Waals surface area (Å²) in [6, 6.07) is 10.5. The molecule has 1 aliphatic heterocycles. The molecular weight excluding hydrogens is 182 g/mol. The fourth-order valence-corrected chi connectivity index (χ4v) is 1.94. The second-order valence-electron chi connectivity index (χ2n) is 3.83. The summed E-state index contributed by atoms with van der Waals surface area (Å²) >= 11 is 0. The van der Waals surface area contributed by atoms with Crippen LogP contribution in [0.5, 0.6) is 0 Å². The predicted molar refractivity (Wildman–Crippen MR) is 65.8 cm³/mol. The van der Waals surface area contributed by atoms with E-state index >= 15 is 0 Å². The van der Waals surface area contributed by atoms with E-state index in [1.54, 1.807) is 0 Å². The largest absolute Gasteiger partial charge is 0.334 e. The molecule has 0 spiro atoms. The fourth-order valence-electron chi connectivity index (χ4n) is 1.94. The Morgan fingerprint density at radius 1 is 1.07 bits per heavy atom. The van der Waals surface area contributed by atoms with Gasteiger partial charge in [-0.2, -0.15) is 0 Å². The van der Waals surface area contributed by atoms with Crippen molar-refractivity contribution in [3.05, 3.63) is 66.9 Å². The molecule has 1 fully saturated rings. The van der Waals surface area contributed by atoms with Gasteiger partial charge in [0.15, 0.2) is 0 Å². The maximum atomic E-state index is 4.06. The molecule has 1 atom stereocenters. The van der Waals surface area contributed by atoms with Gasteiger partial charge in [0.1, 0.15) is 0 Å². The summed E-state index contributed by atoms with van der Waals surface area (Å²) in [5.41, 5.74) is 4.13. The average Bonchev–Trinajstić information content (AvgIpc) is 2.45. The summed E-state index contributed by atoms with van der Waals surface area (Å²) in [4.78, 5) is 2.17. The normalized spacial score (nSPS) is 21.3. The highest BCUT2D eigenvalue weighted by Gasteiger charge is 2.30. The first kappa shape index (κ1) is 9.78. The van der Waals surface area contributed by atoms with Crippen molar-refractivity contribution in [2.45, 2.75) is 13.0 Å². The lowest BCUT2D eigenvalue weighted by Crippen LogP contribution is -2.25. The number of rotatable bonds is 1. The first-order valence-electron chi connectivity index (χ1n) is 5.04. The van der Waals surface area contributed by atoms with E-state index in [9.17, 15) is 0 Å². The van der Waals surface area contributed by atoms with E-state index in [0.29, 0.717) is 0 Å². The van der Waals surface area contributed by atoms with Crippen LogP contribution in [-0.2, 0) is 0 Å². The van der Waals surface area contributed by atoms with Gasteiger partial charge in [-0.15, -0.1) is 0 Å². The van der Waals surface area contributed by atoms with Gasteiger partial charge in [-0.3, -0.25) is 0 Å². The zero-order valence-corrected chi connectivity index (χ0v) is 9.03. The van der Waals surface area contributed by atoms with Crippen LogP contribution in [0.2, 0.25) is 0 Å². The molecule has 2 rings (SSSR count). The molecule has 0 aromatic heterocycles. The minimum absolute atomic E-state index is 0.257. The Balaban J connectivity index is 2.43. The summed E-state index contributed by atoms with van der Waals surface area (Å²) in [6.45, 7) is 14.2. The fraction of sp³-hybridized carbons (Fsp3) is 0.143. The van der Waals surface area contributed by atoms with Crippen LogP contribution < -0.4 is 4.90 Å². The summed E-state index contributed by atoms with van der Waals surface area (Å²) in [5.74, 6) is 0. The molecule has 0 radical (unpaired) electrons. The minimum atomic E-state index is 0.257. The monoisotopic (exact) mass is 197 g/mol. The lowest BCUT2D eigenvalue weighted by atomic mass is 10.1. The Morgan fingerprint density at radius 2 is 1.67 bits per heavy atom. The Labute approximate surface area is 91.0 Å². The highest BCUT2D eigenvalue weighted by Crippen LogP contribution is 2.37. The first-order valence-corrected chi connectivity index (χ1v) is 5.04. The van der Waals surface area contributed by atoms with Crippen LogP contribution in [0.4, 0.5) is 5.69 Å². The molecule has 15 heavy (non-hydrogen) atoms. The molecular formula is C14H15N. The van der Waals surface area contributed by atoms with Crippen molar-refractivity contribution >= 4 is 5.69 Å². The van der Waals surface area contributed by atoms with Crippen LogP contribution in [0, 0.1) is 0 Å². The van der Waals surface area contributed by atoms with Crippen LogP contribution in [0.1, 0.15) is 6.92 Å². The molecule has 1 unspecified atom stereocenters. The van der Waals surface area contributed by atoms with E-state index in [1.807, 2.05) is 18.2 Å². The van der Waals surface area contributed by atoms with Crippen molar-refractivity contribution in [2.24, 2.45) is 0 Å². The van der Waals surface area contributed by atoms with Crippen molar-refractivity contribution < 1.29 is 0 Å². The van der Waals surface area contributed by atoms with E-state index in [4.69, 9.17) is 0 Å². The third-order valence-electron chi connectivity index (χ3n) is 2.95. The molecule has 0 aliphatic carbocycles.